The lowest BCUT2D eigenvalue weighted by Crippen LogP contribution is -2.17. The van der Waals surface area contributed by atoms with Gasteiger partial charge in [0, 0.05) is 0 Å². The van der Waals surface area contributed by atoms with Crippen LogP contribution in [0.15, 0.2) is 12.2 Å². The number of carboxylic acids is 2. The van der Waals surface area contributed by atoms with Gasteiger partial charge in [0.25, 0.3) is 0 Å². The first-order valence-electron chi connectivity index (χ1n) is 7.19. The Kier molecular flexibility index (Phi) is 4.61. The van der Waals surface area contributed by atoms with Gasteiger partial charge in [-0.15, -0.1) is 0 Å². The molecule has 2 N–H and O–H groups in total. The largest absolute Gasteiger partial charge is 0.481 e. The third-order valence-corrected chi connectivity index (χ3v) is 4.56. The predicted octanol–water partition coefficient (Wildman–Crippen LogP) is 2.93. The fourth-order valence-electron chi connectivity index (χ4n) is 3.55. The molecule has 4 heteroatoms. The third kappa shape index (κ3) is 3.82. The van der Waals surface area contributed by atoms with Crippen LogP contribution in [0.3, 0.4) is 0 Å². The van der Waals surface area contributed by atoms with Crippen molar-refractivity contribution in [3.8, 4) is 0 Å². The second-order valence-electron chi connectivity index (χ2n) is 5.96. The average molecular weight is 266 g/mol. The van der Waals surface area contributed by atoms with Crippen molar-refractivity contribution < 1.29 is 19.8 Å². The highest BCUT2D eigenvalue weighted by Crippen LogP contribution is 2.45. The Bertz CT molecular complexity index is 374. The maximum atomic E-state index is 10.9. The van der Waals surface area contributed by atoms with Gasteiger partial charge >= 0.3 is 11.9 Å². The fourth-order valence-corrected chi connectivity index (χ4v) is 3.55. The molecule has 2 bridgehead atoms. The molecule has 2 rings (SSSR count). The summed E-state index contributed by atoms with van der Waals surface area (Å²) in [6.45, 7) is 0. The standard InChI is InChI=1S/C15H22O4/c16-14(17)9-13(15(18)19)4-2-1-3-11-7-10-5-6-12(11)8-10/h5-6,10-13H,1-4,7-9H2,(H,16,17)(H,18,19). The average Bonchev–Trinajstić information content (AvgIpc) is 2.94. The number of aliphatic carboxylic acids is 2. The Morgan fingerprint density at radius 2 is 1.95 bits per heavy atom. The summed E-state index contributed by atoms with van der Waals surface area (Å²) in [7, 11) is 0. The summed E-state index contributed by atoms with van der Waals surface area (Å²) in [5, 5.41) is 17.6. The minimum absolute atomic E-state index is 0.258. The van der Waals surface area contributed by atoms with E-state index in [9.17, 15) is 9.59 Å². The van der Waals surface area contributed by atoms with Crippen molar-refractivity contribution in [1.29, 1.82) is 0 Å². The molecule has 4 nitrogen and oxygen atoms in total. The van der Waals surface area contributed by atoms with Gasteiger partial charge in [-0.25, -0.2) is 0 Å². The van der Waals surface area contributed by atoms with Gasteiger partial charge in [0.05, 0.1) is 12.3 Å². The fraction of sp³-hybridized carbons (Fsp3) is 0.733. The summed E-state index contributed by atoms with van der Waals surface area (Å²) in [6, 6.07) is 0. The first-order valence-corrected chi connectivity index (χ1v) is 7.19. The number of hydrogen-bond donors (Lipinski definition) is 2. The first-order chi connectivity index (χ1) is 9.06. The molecule has 0 saturated heterocycles. The van der Waals surface area contributed by atoms with Gasteiger partial charge < -0.3 is 10.2 Å². The minimum atomic E-state index is -1.02. The lowest BCUT2D eigenvalue weighted by Gasteiger charge is -2.18. The van der Waals surface area contributed by atoms with E-state index in [4.69, 9.17) is 10.2 Å². The van der Waals surface area contributed by atoms with E-state index in [0.717, 1.165) is 37.0 Å². The van der Waals surface area contributed by atoms with E-state index in [1.54, 1.807) is 0 Å². The highest BCUT2D eigenvalue weighted by Gasteiger charge is 2.34. The molecule has 0 heterocycles. The van der Waals surface area contributed by atoms with Crippen LogP contribution in [-0.2, 0) is 9.59 Å². The van der Waals surface area contributed by atoms with E-state index in [2.05, 4.69) is 12.2 Å². The summed E-state index contributed by atoms with van der Waals surface area (Å²) >= 11 is 0. The van der Waals surface area contributed by atoms with E-state index in [-0.39, 0.29) is 6.42 Å². The Morgan fingerprint density at radius 1 is 1.16 bits per heavy atom. The Morgan fingerprint density at radius 3 is 2.47 bits per heavy atom. The molecule has 1 fully saturated rings. The summed E-state index contributed by atoms with van der Waals surface area (Å²) in [5.41, 5.74) is 0. The highest BCUT2D eigenvalue weighted by molar-refractivity contribution is 5.77. The van der Waals surface area contributed by atoms with Crippen molar-refractivity contribution in [2.24, 2.45) is 23.7 Å². The smallest absolute Gasteiger partial charge is 0.307 e. The van der Waals surface area contributed by atoms with Gasteiger partial charge in [-0.3, -0.25) is 9.59 Å². The van der Waals surface area contributed by atoms with E-state index in [0.29, 0.717) is 6.42 Å². The SMILES string of the molecule is O=C(O)CC(CCCCC1CC2C=CC1C2)C(=O)O. The lowest BCUT2D eigenvalue weighted by atomic mass is 9.88. The zero-order chi connectivity index (χ0) is 13.8. The molecule has 0 spiro atoms. The summed E-state index contributed by atoms with van der Waals surface area (Å²) in [4.78, 5) is 21.5. The lowest BCUT2D eigenvalue weighted by molar-refractivity contribution is -0.148. The summed E-state index contributed by atoms with van der Waals surface area (Å²) in [6.07, 6.45) is 10.5. The third-order valence-electron chi connectivity index (χ3n) is 4.56. The van der Waals surface area contributed by atoms with Crippen LogP contribution in [-0.4, -0.2) is 22.2 Å². The van der Waals surface area contributed by atoms with Gasteiger partial charge in [-0.1, -0.05) is 25.0 Å². The number of rotatable bonds is 8. The minimum Gasteiger partial charge on any atom is -0.481 e. The summed E-state index contributed by atoms with van der Waals surface area (Å²) < 4.78 is 0. The molecular weight excluding hydrogens is 244 g/mol. The second kappa shape index (κ2) is 6.22. The molecule has 0 aromatic carbocycles. The molecule has 0 aliphatic heterocycles. The second-order valence-corrected chi connectivity index (χ2v) is 5.96. The normalized spacial score (nSPS) is 29.6. The zero-order valence-electron chi connectivity index (χ0n) is 11.1. The first kappa shape index (κ1) is 14.1. The van der Waals surface area contributed by atoms with E-state index < -0.39 is 17.9 Å². The van der Waals surface area contributed by atoms with E-state index in [1.165, 1.54) is 12.8 Å². The molecule has 2 aliphatic carbocycles. The molecule has 4 atom stereocenters. The van der Waals surface area contributed by atoms with Crippen LogP contribution < -0.4 is 0 Å². The molecule has 0 aromatic heterocycles. The van der Waals surface area contributed by atoms with Crippen molar-refractivity contribution in [3.05, 3.63) is 12.2 Å². The van der Waals surface area contributed by atoms with Crippen molar-refractivity contribution in [2.45, 2.75) is 44.9 Å². The van der Waals surface area contributed by atoms with Gasteiger partial charge in [-0.05, 0) is 43.4 Å². The van der Waals surface area contributed by atoms with Crippen LogP contribution in [0.2, 0.25) is 0 Å². The van der Waals surface area contributed by atoms with Crippen molar-refractivity contribution in [1.82, 2.24) is 0 Å². The van der Waals surface area contributed by atoms with E-state index in [1.807, 2.05) is 0 Å². The maximum absolute atomic E-state index is 10.9. The van der Waals surface area contributed by atoms with Crippen LogP contribution in [0, 0.1) is 23.7 Å². The van der Waals surface area contributed by atoms with E-state index >= 15 is 0 Å². The van der Waals surface area contributed by atoms with Gasteiger partial charge in [0.1, 0.15) is 0 Å². The van der Waals surface area contributed by atoms with Gasteiger partial charge in [0.2, 0.25) is 0 Å². The van der Waals surface area contributed by atoms with Crippen molar-refractivity contribution in [3.63, 3.8) is 0 Å². The van der Waals surface area contributed by atoms with Crippen LogP contribution in [0.1, 0.15) is 44.9 Å². The van der Waals surface area contributed by atoms with Crippen molar-refractivity contribution >= 4 is 11.9 Å². The van der Waals surface area contributed by atoms with Crippen LogP contribution >= 0.6 is 0 Å². The molecule has 2 aliphatic rings. The summed E-state index contributed by atoms with van der Waals surface area (Å²) in [5.74, 6) is -0.417. The zero-order valence-corrected chi connectivity index (χ0v) is 11.1. The molecule has 1 saturated carbocycles. The molecule has 0 amide bonds. The monoisotopic (exact) mass is 266 g/mol. The number of carbonyl (C=O) groups is 2. The molecular formula is C15H22O4. The van der Waals surface area contributed by atoms with Gasteiger partial charge in [0.15, 0.2) is 0 Å². The van der Waals surface area contributed by atoms with Crippen LogP contribution in [0.4, 0.5) is 0 Å². The number of allylic oxidation sites excluding steroid dienone is 2. The Labute approximate surface area is 113 Å². The Balaban J connectivity index is 1.64. The maximum Gasteiger partial charge on any atom is 0.307 e. The quantitative estimate of drug-likeness (QED) is 0.523. The number of hydrogen-bond acceptors (Lipinski definition) is 2. The van der Waals surface area contributed by atoms with Crippen LogP contribution in [0.25, 0.3) is 0 Å². The van der Waals surface area contributed by atoms with Crippen molar-refractivity contribution in [2.75, 3.05) is 0 Å². The predicted molar refractivity (Wildman–Crippen MR) is 70.7 cm³/mol. The number of carboxylic acid groups (broad SMARTS) is 2. The molecule has 4 unspecified atom stereocenters. The highest BCUT2D eigenvalue weighted by atomic mass is 16.4. The topological polar surface area (TPSA) is 74.6 Å². The molecule has 0 radical (unpaired) electrons. The number of unbranched alkanes of at least 4 members (excludes halogenated alkanes) is 1. The Hall–Kier alpha value is -1.32. The van der Waals surface area contributed by atoms with Gasteiger partial charge in [-0.2, -0.15) is 0 Å². The molecule has 0 aromatic rings. The van der Waals surface area contributed by atoms with Crippen LogP contribution in [0.5, 0.6) is 0 Å². The number of fused-ring (bicyclic) bond motifs is 2. The molecule has 106 valence electrons. The molecule has 19 heavy (non-hydrogen) atoms.